The summed E-state index contributed by atoms with van der Waals surface area (Å²) in [6, 6.07) is 7.06. The maximum Gasteiger partial charge on any atom is 0.319 e. The van der Waals surface area contributed by atoms with Crippen LogP contribution in [0.15, 0.2) is 24.3 Å². The van der Waals surface area contributed by atoms with Crippen LogP contribution < -0.4 is 20.7 Å². The Labute approximate surface area is 143 Å². The van der Waals surface area contributed by atoms with Crippen molar-refractivity contribution in [3.05, 3.63) is 24.3 Å². The summed E-state index contributed by atoms with van der Waals surface area (Å²) in [6.45, 7) is 4.61. The van der Waals surface area contributed by atoms with Gasteiger partial charge in [0, 0.05) is 18.3 Å². The average molecular weight is 333 g/mol. The lowest BCUT2D eigenvalue weighted by atomic mass is 9.86. The molecule has 3 amide bonds. The monoisotopic (exact) mass is 333 g/mol. The van der Waals surface area contributed by atoms with E-state index in [1.807, 2.05) is 6.92 Å². The number of ether oxygens (including phenoxy) is 1. The normalized spacial score (nSPS) is 20.1. The molecule has 1 aromatic carbocycles. The van der Waals surface area contributed by atoms with Gasteiger partial charge in [-0.25, -0.2) is 4.79 Å². The Morgan fingerprint density at radius 1 is 1.17 bits per heavy atom. The Kier molecular flexibility index (Phi) is 6.90. The Balaban J connectivity index is 1.78. The molecule has 24 heavy (non-hydrogen) atoms. The van der Waals surface area contributed by atoms with Crippen molar-refractivity contribution in [3.8, 4) is 5.75 Å². The molecule has 132 valence electrons. The lowest BCUT2D eigenvalue weighted by Gasteiger charge is -2.29. The first-order chi connectivity index (χ1) is 11.6. The summed E-state index contributed by atoms with van der Waals surface area (Å²) >= 11 is 0. The predicted octanol–water partition coefficient (Wildman–Crippen LogP) is 2.90. The molecule has 0 heterocycles. The summed E-state index contributed by atoms with van der Waals surface area (Å²) in [6.07, 6.45) is 4.63. The molecule has 0 radical (unpaired) electrons. The molecule has 1 saturated carbocycles. The van der Waals surface area contributed by atoms with E-state index < -0.39 is 0 Å². The maximum atomic E-state index is 12.1. The van der Waals surface area contributed by atoms with E-state index in [1.165, 1.54) is 19.3 Å². The third-order valence-corrected chi connectivity index (χ3v) is 4.28. The fourth-order valence-electron chi connectivity index (χ4n) is 2.90. The molecule has 3 N–H and O–H groups in total. The van der Waals surface area contributed by atoms with Crippen LogP contribution in [0.5, 0.6) is 5.75 Å². The number of likely N-dealkylation sites (N-methyl/N-ethyl adjacent to an activating group) is 1. The number of hydrogen-bond acceptors (Lipinski definition) is 3. The molecule has 1 aliphatic carbocycles. The van der Waals surface area contributed by atoms with Crippen molar-refractivity contribution in [2.45, 2.75) is 45.6 Å². The second-order valence-electron chi connectivity index (χ2n) is 6.23. The summed E-state index contributed by atoms with van der Waals surface area (Å²) in [5.74, 6) is 0.961. The summed E-state index contributed by atoms with van der Waals surface area (Å²) in [5, 5.41) is 8.56. The molecule has 2 unspecified atom stereocenters. The minimum Gasteiger partial charge on any atom is -0.484 e. The molecular formula is C18H27N3O3. The zero-order valence-electron chi connectivity index (χ0n) is 14.4. The first kappa shape index (κ1) is 18.1. The number of nitrogens with one attached hydrogen (secondary N) is 3. The van der Waals surface area contributed by atoms with Crippen molar-refractivity contribution < 1.29 is 14.3 Å². The highest BCUT2D eigenvalue weighted by molar-refractivity contribution is 5.89. The highest BCUT2D eigenvalue weighted by Crippen LogP contribution is 2.24. The third-order valence-electron chi connectivity index (χ3n) is 4.28. The second-order valence-corrected chi connectivity index (χ2v) is 6.23. The van der Waals surface area contributed by atoms with E-state index in [-0.39, 0.29) is 24.6 Å². The Morgan fingerprint density at radius 3 is 2.54 bits per heavy atom. The van der Waals surface area contributed by atoms with Crippen LogP contribution in [0.3, 0.4) is 0 Å². The average Bonchev–Trinajstić information content (AvgIpc) is 2.57. The van der Waals surface area contributed by atoms with Gasteiger partial charge in [0.25, 0.3) is 5.91 Å². The number of carbonyl (C=O) groups excluding carboxylic acids is 2. The molecule has 6 heteroatoms. The third kappa shape index (κ3) is 5.76. The van der Waals surface area contributed by atoms with Gasteiger partial charge in [-0.2, -0.15) is 0 Å². The number of urea groups is 1. The van der Waals surface area contributed by atoms with Gasteiger partial charge in [0.1, 0.15) is 5.75 Å². The van der Waals surface area contributed by atoms with E-state index in [2.05, 4.69) is 22.9 Å². The standard InChI is InChI=1S/C18H27N3O3/c1-3-19-17(22)12-24-15-10-8-14(9-11-15)20-18(23)21-16-7-5-4-6-13(16)2/h8-11,13,16H,3-7,12H2,1-2H3,(H,19,22)(H2,20,21,23). The zero-order valence-corrected chi connectivity index (χ0v) is 14.4. The molecule has 0 aliphatic heterocycles. The molecule has 2 atom stereocenters. The lowest BCUT2D eigenvalue weighted by Crippen LogP contribution is -2.43. The zero-order chi connectivity index (χ0) is 17.4. The first-order valence-electron chi connectivity index (χ1n) is 8.65. The largest absolute Gasteiger partial charge is 0.484 e. The van der Waals surface area contributed by atoms with Crippen LogP contribution in [0.4, 0.5) is 10.5 Å². The molecule has 0 spiro atoms. The number of anilines is 1. The van der Waals surface area contributed by atoms with Crippen LogP contribution in [0.25, 0.3) is 0 Å². The topological polar surface area (TPSA) is 79.5 Å². The van der Waals surface area contributed by atoms with Crippen molar-refractivity contribution in [2.24, 2.45) is 5.92 Å². The van der Waals surface area contributed by atoms with Crippen molar-refractivity contribution in [1.82, 2.24) is 10.6 Å². The van der Waals surface area contributed by atoms with Crippen LogP contribution in [0, 0.1) is 5.92 Å². The van der Waals surface area contributed by atoms with Gasteiger partial charge in [0.2, 0.25) is 0 Å². The highest BCUT2D eigenvalue weighted by Gasteiger charge is 2.22. The fraction of sp³-hybridized carbons (Fsp3) is 0.556. The summed E-state index contributed by atoms with van der Waals surface area (Å²) < 4.78 is 5.38. The van der Waals surface area contributed by atoms with Gasteiger partial charge in [0.05, 0.1) is 0 Å². The van der Waals surface area contributed by atoms with Crippen molar-refractivity contribution >= 4 is 17.6 Å². The minimum atomic E-state index is -0.176. The Hall–Kier alpha value is -2.24. The van der Waals surface area contributed by atoms with Gasteiger partial charge in [-0.15, -0.1) is 0 Å². The molecule has 1 aliphatic rings. The van der Waals surface area contributed by atoms with Gasteiger partial charge in [-0.05, 0) is 49.9 Å². The van der Waals surface area contributed by atoms with E-state index in [1.54, 1.807) is 24.3 Å². The molecule has 2 rings (SSSR count). The number of rotatable bonds is 6. The van der Waals surface area contributed by atoms with Gasteiger partial charge in [-0.1, -0.05) is 19.8 Å². The lowest BCUT2D eigenvalue weighted by molar-refractivity contribution is -0.122. The predicted molar refractivity (Wildman–Crippen MR) is 94.2 cm³/mol. The van der Waals surface area contributed by atoms with Crippen molar-refractivity contribution in [1.29, 1.82) is 0 Å². The van der Waals surface area contributed by atoms with Gasteiger partial charge in [0.15, 0.2) is 6.61 Å². The molecule has 0 bridgehead atoms. The maximum absolute atomic E-state index is 12.1. The SMILES string of the molecule is CCNC(=O)COc1ccc(NC(=O)NC2CCCCC2C)cc1. The van der Waals surface area contributed by atoms with E-state index in [0.717, 1.165) is 6.42 Å². The molecule has 0 saturated heterocycles. The smallest absolute Gasteiger partial charge is 0.319 e. The fourth-order valence-corrected chi connectivity index (χ4v) is 2.90. The van der Waals surface area contributed by atoms with Crippen molar-refractivity contribution in [2.75, 3.05) is 18.5 Å². The van der Waals surface area contributed by atoms with E-state index >= 15 is 0 Å². The van der Waals surface area contributed by atoms with Crippen LogP contribution in [0.1, 0.15) is 39.5 Å². The number of hydrogen-bond donors (Lipinski definition) is 3. The van der Waals surface area contributed by atoms with Crippen molar-refractivity contribution in [3.63, 3.8) is 0 Å². The quantitative estimate of drug-likeness (QED) is 0.749. The van der Waals surface area contributed by atoms with Gasteiger partial charge in [-0.3, -0.25) is 4.79 Å². The van der Waals surface area contributed by atoms with E-state index in [9.17, 15) is 9.59 Å². The number of amides is 3. The molecule has 0 aromatic heterocycles. The summed E-state index contributed by atoms with van der Waals surface area (Å²) in [4.78, 5) is 23.4. The first-order valence-corrected chi connectivity index (χ1v) is 8.65. The molecule has 6 nitrogen and oxygen atoms in total. The Bertz CT molecular complexity index is 545. The van der Waals surface area contributed by atoms with E-state index in [0.29, 0.717) is 23.9 Å². The minimum absolute atomic E-state index is 0.0132. The second kappa shape index (κ2) is 9.15. The van der Waals surface area contributed by atoms with Crippen LogP contribution in [-0.4, -0.2) is 31.1 Å². The van der Waals surface area contributed by atoms with Crippen LogP contribution >= 0.6 is 0 Å². The number of carbonyl (C=O) groups is 2. The highest BCUT2D eigenvalue weighted by atomic mass is 16.5. The Morgan fingerprint density at radius 2 is 1.88 bits per heavy atom. The van der Waals surface area contributed by atoms with E-state index in [4.69, 9.17) is 4.74 Å². The molecular weight excluding hydrogens is 306 g/mol. The summed E-state index contributed by atoms with van der Waals surface area (Å²) in [7, 11) is 0. The van der Waals surface area contributed by atoms with Crippen LogP contribution in [-0.2, 0) is 4.79 Å². The van der Waals surface area contributed by atoms with Gasteiger partial charge < -0.3 is 20.7 Å². The summed E-state index contributed by atoms with van der Waals surface area (Å²) in [5.41, 5.74) is 0.696. The number of benzene rings is 1. The van der Waals surface area contributed by atoms with Gasteiger partial charge >= 0.3 is 6.03 Å². The molecule has 1 aromatic rings. The molecule has 1 fully saturated rings. The van der Waals surface area contributed by atoms with Crippen LogP contribution in [0.2, 0.25) is 0 Å².